The molecule has 2 fully saturated rings. The number of hydrogen-bond acceptors (Lipinski definition) is 3. The van der Waals surface area contributed by atoms with E-state index in [0.717, 1.165) is 25.7 Å². The molecule has 11 heteroatoms. The first kappa shape index (κ1) is 33.2. The lowest BCUT2D eigenvalue weighted by molar-refractivity contribution is -0.222. The summed E-state index contributed by atoms with van der Waals surface area (Å²) >= 11 is 0. The van der Waals surface area contributed by atoms with Gasteiger partial charge >= 0.3 is 6.11 Å². The maximum absolute atomic E-state index is 15.2. The van der Waals surface area contributed by atoms with E-state index in [9.17, 15) is 22.0 Å². The Kier molecular flexibility index (Phi) is 10.4. The summed E-state index contributed by atoms with van der Waals surface area (Å²) < 4.78 is 132. The van der Waals surface area contributed by atoms with Crippen molar-refractivity contribution in [2.24, 2.45) is 11.8 Å². The van der Waals surface area contributed by atoms with Crippen LogP contribution < -0.4 is 4.74 Å². The second kappa shape index (κ2) is 14.1. The first-order chi connectivity index (χ1) is 21.5. The fourth-order valence-electron chi connectivity index (χ4n) is 6.17. The second-order valence-corrected chi connectivity index (χ2v) is 11.9. The van der Waals surface area contributed by atoms with Crippen LogP contribution in [-0.2, 0) is 9.47 Å². The van der Waals surface area contributed by atoms with E-state index < -0.39 is 70.1 Å². The predicted molar refractivity (Wildman–Crippen MR) is 151 cm³/mol. The lowest BCUT2D eigenvalue weighted by Crippen LogP contribution is -2.37. The van der Waals surface area contributed by atoms with Crippen LogP contribution in [0.2, 0.25) is 0 Å². The van der Waals surface area contributed by atoms with Crippen LogP contribution in [0.25, 0.3) is 11.1 Å². The van der Waals surface area contributed by atoms with Crippen molar-refractivity contribution in [1.82, 2.24) is 0 Å². The topological polar surface area (TPSA) is 27.7 Å². The van der Waals surface area contributed by atoms with Gasteiger partial charge in [-0.05, 0) is 67.3 Å². The number of halogens is 8. The maximum Gasteiger partial charge on any atom is 0.400 e. The smallest absolute Gasteiger partial charge is 0.400 e. The minimum atomic E-state index is -3.81. The normalized spacial score (nSPS) is 22.4. The van der Waals surface area contributed by atoms with E-state index in [1.807, 2.05) is 0 Å². The summed E-state index contributed by atoms with van der Waals surface area (Å²) in [4.78, 5) is 0. The minimum absolute atomic E-state index is 0.0374. The summed E-state index contributed by atoms with van der Waals surface area (Å²) in [5.74, 6) is -10.6. The molecule has 1 saturated heterocycles. The Bertz CT molecular complexity index is 1430. The van der Waals surface area contributed by atoms with Crippen molar-refractivity contribution in [2.45, 2.75) is 76.6 Å². The summed E-state index contributed by atoms with van der Waals surface area (Å²) in [6.07, 6.45) is 0.332. The highest BCUT2D eigenvalue weighted by Crippen LogP contribution is 2.44. The molecule has 0 unspecified atom stereocenters. The molecular formula is C34H34F8O3. The average molecular weight is 643 g/mol. The maximum atomic E-state index is 15.2. The van der Waals surface area contributed by atoms with Gasteiger partial charge in [0.1, 0.15) is 23.2 Å². The molecule has 45 heavy (non-hydrogen) atoms. The molecule has 3 aromatic rings. The molecule has 2 aliphatic rings. The first-order valence-electron chi connectivity index (χ1n) is 15.2. The summed E-state index contributed by atoms with van der Waals surface area (Å²) in [6.45, 7) is 3.22. The molecule has 1 heterocycles. The van der Waals surface area contributed by atoms with Crippen LogP contribution in [0.4, 0.5) is 35.1 Å². The van der Waals surface area contributed by atoms with Gasteiger partial charge in [0.25, 0.3) is 0 Å². The van der Waals surface area contributed by atoms with Gasteiger partial charge < -0.3 is 14.2 Å². The summed E-state index contributed by atoms with van der Waals surface area (Å²) in [7, 11) is 0. The fraction of sp³-hybridized carbons (Fsp3) is 0.471. The minimum Gasteiger partial charge on any atom is -0.432 e. The third-order valence-electron chi connectivity index (χ3n) is 8.66. The molecule has 3 aromatic carbocycles. The van der Waals surface area contributed by atoms with Gasteiger partial charge in [0.05, 0.1) is 24.7 Å². The molecule has 0 aromatic heterocycles. The Labute approximate surface area is 256 Å². The summed E-state index contributed by atoms with van der Waals surface area (Å²) in [5, 5.41) is 0. The highest BCUT2D eigenvalue weighted by molar-refractivity contribution is 5.66. The van der Waals surface area contributed by atoms with Crippen molar-refractivity contribution < 1.29 is 49.3 Å². The standard InChI is InChI=1S/C34H34F8O3/c1-2-3-4-5-19-17-43-33(44-18-19)21-8-11-25(26(35)12-21)20-6-9-23(10-7-20)34(41,42)45-24-15-27(36)31(28(37)16-24)22-13-29(38)32(40)30(39)14-22/h8,11-16,19-20,23,33H,2-7,9-10,17-18H2,1H3. The van der Waals surface area contributed by atoms with Crippen molar-refractivity contribution >= 4 is 0 Å². The lowest BCUT2D eigenvalue weighted by atomic mass is 9.78. The van der Waals surface area contributed by atoms with Gasteiger partial charge in [0.2, 0.25) is 0 Å². The lowest BCUT2D eigenvalue weighted by Gasteiger charge is -2.34. The Hall–Kier alpha value is -3.18. The summed E-state index contributed by atoms with van der Waals surface area (Å²) in [5.41, 5.74) is -0.617. The van der Waals surface area contributed by atoms with Crippen LogP contribution in [0.5, 0.6) is 5.75 Å². The predicted octanol–water partition coefficient (Wildman–Crippen LogP) is 10.4. The zero-order chi connectivity index (χ0) is 32.3. The van der Waals surface area contributed by atoms with Crippen LogP contribution >= 0.6 is 0 Å². The van der Waals surface area contributed by atoms with Gasteiger partial charge in [-0.1, -0.05) is 38.3 Å². The Morgan fingerprint density at radius 3 is 1.96 bits per heavy atom. The van der Waals surface area contributed by atoms with Crippen LogP contribution in [-0.4, -0.2) is 19.3 Å². The molecule has 0 amide bonds. The molecule has 0 bridgehead atoms. The van der Waals surface area contributed by atoms with Crippen LogP contribution in [0.1, 0.15) is 81.6 Å². The van der Waals surface area contributed by atoms with Crippen LogP contribution in [0.15, 0.2) is 42.5 Å². The quantitative estimate of drug-likeness (QED) is 0.125. The molecule has 0 radical (unpaired) electrons. The average Bonchev–Trinajstić information content (AvgIpc) is 3.00. The van der Waals surface area contributed by atoms with E-state index in [0.29, 0.717) is 54.5 Å². The summed E-state index contributed by atoms with van der Waals surface area (Å²) in [6, 6.07) is 6.46. The van der Waals surface area contributed by atoms with E-state index in [1.54, 1.807) is 12.1 Å². The third-order valence-corrected chi connectivity index (χ3v) is 8.66. The Morgan fingerprint density at radius 1 is 0.756 bits per heavy atom. The van der Waals surface area contributed by atoms with E-state index >= 15 is 13.2 Å². The van der Waals surface area contributed by atoms with Crippen LogP contribution in [0, 0.1) is 46.7 Å². The molecular weight excluding hydrogens is 608 g/mol. The molecule has 0 atom stereocenters. The van der Waals surface area contributed by atoms with Gasteiger partial charge in [-0.25, -0.2) is 26.3 Å². The van der Waals surface area contributed by atoms with Gasteiger partial charge in [-0.2, -0.15) is 8.78 Å². The zero-order valence-electron chi connectivity index (χ0n) is 24.7. The van der Waals surface area contributed by atoms with E-state index in [-0.39, 0.29) is 31.6 Å². The van der Waals surface area contributed by atoms with E-state index in [1.165, 1.54) is 6.07 Å². The van der Waals surface area contributed by atoms with Crippen molar-refractivity contribution in [2.75, 3.05) is 13.2 Å². The molecule has 1 aliphatic carbocycles. The van der Waals surface area contributed by atoms with E-state index in [2.05, 4.69) is 6.92 Å². The number of ether oxygens (including phenoxy) is 3. The number of alkyl halides is 2. The number of benzene rings is 3. The highest BCUT2D eigenvalue weighted by Gasteiger charge is 2.44. The van der Waals surface area contributed by atoms with Gasteiger partial charge in [-0.15, -0.1) is 0 Å². The van der Waals surface area contributed by atoms with Gasteiger partial charge in [-0.3, -0.25) is 0 Å². The molecule has 5 rings (SSSR count). The monoisotopic (exact) mass is 642 g/mol. The largest absolute Gasteiger partial charge is 0.432 e. The fourth-order valence-corrected chi connectivity index (χ4v) is 6.17. The first-order valence-corrected chi connectivity index (χ1v) is 15.2. The second-order valence-electron chi connectivity index (χ2n) is 11.9. The SMILES string of the molecule is CCCCCC1COC(c2ccc(C3CCC(C(F)(F)Oc4cc(F)c(-c5cc(F)c(F)c(F)c5)c(F)c4)CC3)c(F)c2)OC1. The van der Waals surface area contributed by atoms with Gasteiger partial charge in [0, 0.05) is 23.6 Å². The Balaban J connectivity index is 1.18. The number of unbranched alkanes of at least 4 members (excludes halogenated alkanes) is 2. The molecule has 244 valence electrons. The molecule has 3 nitrogen and oxygen atoms in total. The molecule has 0 N–H and O–H groups in total. The highest BCUT2D eigenvalue weighted by atomic mass is 19.3. The Morgan fingerprint density at radius 2 is 1.38 bits per heavy atom. The zero-order valence-corrected chi connectivity index (χ0v) is 24.7. The van der Waals surface area contributed by atoms with Crippen molar-refractivity contribution in [3.8, 4) is 16.9 Å². The van der Waals surface area contributed by atoms with Crippen LogP contribution in [0.3, 0.4) is 0 Å². The van der Waals surface area contributed by atoms with E-state index in [4.69, 9.17) is 14.2 Å². The molecule has 1 aliphatic heterocycles. The number of hydrogen-bond donors (Lipinski definition) is 0. The van der Waals surface area contributed by atoms with Crippen molar-refractivity contribution in [3.63, 3.8) is 0 Å². The third kappa shape index (κ3) is 7.62. The van der Waals surface area contributed by atoms with Crippen molar-refractivity contribution in [1.29, 1.82) is 0 Å². The van der Waals surface area contributed by atoms with Crippen molar-refractivity contribution in [3.05, 3.63) is 88.5 Å². The molecule has 1 saturated carbocycles. The molecule has 0 spiro atoms. The number of rotatable bonds is 10. The van der Waals surface area contributed by atoms with Gasteiger partial charge in [0.15, 0.2) is 23.7 Å².